The van der Waals surface area contributed by atoms with Crippen molar-refractivity contribution in [2.45, 2.75) is 39.0 Å². The molecule has 0 saturated carbocycles. The summed E-state index contributed by atoms with van der Waals surface area (Å²) in [4.78, 5) is 24.7. The Morgan fingerprint density at radius 1 is 1.18 bits per heavy atom. The van der Waals surface area contributed by atoms with E-state index in [4.69, 9.17) is 4.74 Å². The van der Waals surface area contributed by atoms with Crippen LogP contribution < -0.4 is 5.32 Å². The van der Waals surface area contributed by atoms with Gasteiger partial charge < -0.3 is 15.0 Å². The van der Waals surface area contributed by atoms with Crippen molar-refractivity contribution in [2.24, 2.45) is 0 Å². The predicted octanol–water partition coefficient (Wildman–Crippen LogP) is 1.53. The van der Waals surface area contributed by atoms with Gasteiger partial charge in [-0.3, -0.25) is 4.79 Å². The molecule has 0 aliphatic carbocycles. The number of carbonyl (C=O) groups excluding carboxylic acids is 2. The summed E-state index contributed by atoms with van der Waals surface area (Å²) in [5.41, 5.74) is 0. The van der Waals surface area contributed by atoms with Gasteiger partial charge in [0.25, 0.3) is 0 Å². The number of nitrogens with one attached hydrogen (secondary N) is 1. The molecular formula is C12H22N2O3. The molecule has 0 aromatic rings. The molecule has 5 heteroatoms. The molecule has 0 aromatic carbocycles. The molecular weight excluding hydrogens is 220 g/mol. The Balaban J connectivity index is 2.17. The zero-order valence-electron chi connectivity index (χ0n) is 10.5. The van der Waals surface area contributed by atoms with E-state index >= 15 is 0 Å². The summed E-state index contributed by atoms with van der Waals surface area (Å²) in [7, 11) is 0. The lowest BCUT2D eigenvalue weighted by Crippen LogP contribution is -2.35. The summed E-state index contributed by atoms with van der Waals surface area (Å²) < 4.78 is 4.71. The van der Waals surface area contributed by atoms with Crippen molar-refractivity contribution >= 4 is 12.0 Å². The van der Waals surface area contributed by atoms with E-state index in [0.717, 1.165) is 25.9 Å². The Labute approximate surface area is 102 Å². The first-order valence-corrected chi connectivity index (χ1v) is 6.42. The third kappa shape index (κ3) is 5.56. The largest absolute Gasteiger partial charge is 0.450 e. The van der Waals surface area contributed by atoms with Crippen molar-refractivity contribution in [1.29, 1.82) is 0 Å². The van der Waals surface area contributed by atoms with Gasteiger partial charge in [0.2, 0.25) is 5.91 Å². The average molecular weight is 242 g/mol. The van der Waals surface area contributed by atoms with Crippen molar-refractivity contribution in [3.8, 4) is 0 Å². The maximum atomic E-state index is 11.8. The first-order valence-electron chi connectivity index (χ1n) is 6.42. The van der Waals surface area contributed by atoms with E-state index in [2.05, 4.69) is 5.32 Å². The maximum Gasteiger partial charge on any atom is 0.407 e. The molecule has 0 unspecified atom stereocenters. The van der Waals surface area contributed by atoms with E-state index in [-0.39, 0.29) is 5.91 Å². The zero-order chi connectivity index (χ0) is 12.5. The molecule has 0 atom stereocenters. The average Bonchev–Trinajstić information content (AvgIpc) is 2.57. The van der Waals surface area contributed by atoms with Crippen LogP contribution in [-0.4, -0.2) is 43.1 Å². The normalized spacial score (nSPS) is 16.2. The number of nitrogens with zero attached hydrogens (tertiary/aromatic N) is 1. The standard InChI is InChI=1S/C12H22N2O3/c1-2-17-12(16)13-8-7-11(15)14-9-5-3-4-6-10-14/h2-10H2,1H3,(H,13,16). The molecule has 0 spiro atoms. The van der Waals surface area contributed by atoms with Gasteiger partial charge in [-0.25, -0.2) is 4.79 Å². The number of hydrogen-bond acceptors (Lipinski definition) is 3. The molecule has 2 amide bonds. The second kappa shape index (κ2) is 7.92. The number of amides is 2. The molecule has 1 fully saturated rings. The second-order valence-electron chi connectivity index (χ2n) is 4.19. The summed E-state index contributed by atoms with van der Waals surface area (Å²) in [6.07, 6.45) is 4.53. The minimum atomic E-state index is -0.448. The topological polar surface area (TPSA) is 58.6 Å². The Hall–Kier alpha value is -1.26. The van der Waals surface area contributed by atoms with Crippen molar-refractivity contribution in [1.82, 2.24) is 10.2 Å². The fourth-order valence-electron chi connectivity index (χ4n) is 1.93. The lowest BCUT2D eigenvalue weighted by Gasteiger charge is -2.20. The highest BCUT2D eigenvalue weighted by molar-refractivity contribution is 5.77. The third-order valence-corrected chi connectivity index (χ3v) is 2.84. The van der Waals surface area contributed by atoms with Crippen LogP contribution in [0.4, 0.5) is 4.79 Å². The Morgan fingerprint density at radius 2 is 1.82 bits per heavy atom. The number of rotatable bonds is 4. The van der Waals surface area contributed by atoms with E-state index in [1.807, 2.05) is 4.90 Å². The summed E-state index contributed by atoms with van der Waals surface area (Å²) in [6, 6.07) is 0. The summed E-state index contributed by atoms with van der Waals surface area (Å²) in [5.74, 6) is 0.128. The van der Waals surface area contributed by atoms with Gasteiger partial charge in [-0.2, -0.15) is 0 Å². The van der Waals surface area contributed by atoms with E-state index in [1.54, 1.807) is 6.92 Å². The van der Waals surface area contributed by atoms with Crippen LogP contribution >= 0.6 is 0 Å². The molecule has 0 aromatic heterocycles. The van der Waals surface area contributed by atoms with Gasteiger partial charge >= 0.3 is 6.09 Å². The Kier molecular flexibility index (Phi) is 6.43. The highest BCUT2D eigenvalue weighted by atomic mass is 16.5. The van der Waals surface area contributed by atoms with Gasteiger partial charge in [0.15, 0.2) is 0 Å². The molecule has 5 nitrogen and oxygen atoms in total. The van der Waals surface area contributed by atoms with Gasteiger partial charge in [0, 0.05) is 26.1 Å². The molecule has 1 N–H and O–H groups in total. The van der Waals surface area contributed by atoms with Gasteiger partial charge in [0.1, 0.15) is 0 Å². The lowest BCUT2D eigenvalue weighted by molar-refractivity contribution is -0.131. The van der Waals surface area contributed by atoms with E-state index < -0.39 is 6.09 Å². The fourth-order valence-corrected chi connectivity index (χ4v) is 1.93. The first kappa shape index (κ1) is 13.8. The van der Waals surface area contributed by atoms with Gasteiger partial charge in [-0.15, -0.1) is 0 Å². The number of likely N-dealkylation sites (tertiary alicyclic amines) is 1. The lowest BCUT2D eigenvalue weighted by atomic mass is 10.2. The van der Waals surface area contributed by atoms with Crippen molar-refractivity contribution in [3.05, 3.63) is 0 Å². The van der Waals surface area contributed by atoms with Crippen molar-refractivity contribution in [2.75, 3.05) is 26.2 Å². The molecule has 0 radical (unpaired) electrons. The molecule has 1 heterocycles. The second-order valence-corrected chi connectivity index (χ2v) is 4.19. The van der Waals surface area contributed by atoms with Crippen LogP contribution in [0, 0.1) is 0 Å². The minimum Gasteiger partial charge on any atom is -0.450 e. The summed E-state index contributed by atoms with van der Waals surface area (Å²) in [5, 5.41) is 2.56. The third-order valence-electron chi connectivity index (χ3n) is 2.84. The van der Waals surface area contributed by atoms with E-state index in [1.165, 1.54) is 12.8 Å². The SMILES string of the molecule is CCOC(=O)NCCC(=O)N1CCCCCC1. The molecule has 17 heavy (non-hydrogen) atoms. The quantitative estimate of drug-likeness (QED) is 0.813. The molecule has 1 aliphatic rings. The molecule has 1 rings (SSSR count). The smallest absolute Gasteiger partial charge is 0.407 e. The van der Waals surface area contributed by atoms with Crippen LogP contribution in [0.5, 0.6) is 0 Å². The monoisotopic (exact) mass is 242 g/mol. The highest BCUT2D eigenvalue weighted by Gasteiger charge is 2.15. The zero-order valence-corrected chi connectivity index (χ0v) is 10.5. The van der Waals surface area contributed by atoms with Crippen LogP contribution in [0.25, 0.3) is 0 Å². The first-order chi connectivity index (χ1) is 8.24. The molecule has 1 aliphatic heterocycles. The van der Waals surface area contributed by atoms with Crippen LogP contribution in [0.3, 0.4) is 0 Å². The van der Waals surface area contributed by atoms with E-state index in [0.29, 0.717) is 19.6 Å². The van der Waals surface area contributed by atoms with Crippen LogP contribution in [-0.2, 0) is 9.53 Å². The Morgan fingerprint density at radius 3 is 2.41 bits per heavy atom. The van der Waals surface area contributed by atoms with Gasteiger partial charge in [-0.1, -0.05) is 12.8 Å². The number of hydrogen-bond donors (Lipinski definition) is 1. The predicted molar refractivity (Wildman–Crippen MR) is 64.7 cm³/mol. The van der Waals surface area contributed by atoms with Crippen LogP contribution in [0.1, 0.15) is 39.0 Å². The van der Waals surface area contributed by atoms with Crippen LogP contribution in [0.15, 0.2) is 0 Å². The summed E-state index contributed by atoms with van der Waals surface area (Å²) in [6.45, 7) is 4.18. The number of alkyl carbamates (subject to hydrolysis) is 1. The Bertz CT molecular complexity index is 248. The highest BCUT2D eigenvalue weighted by Crippen LogP contribution is 2.10. The number of carbonyl (C=O) groups is 2. The van der Waals surface area contributed by atoms with Crippen LogP contribution in [0.2, 0.25) is 0 Å². The van der Waals surface area contributed by atoms with Gasteiger partial charge in [-0.05, 0) is 19.8 Å². The molecule has 1 saturated heterocycles. The van der Waals surface area contributed by atoms with Crippen molar-refractivity contribution in [3.63, 3.8) is 0 Å². The summed E-state index contributed by atoms with van der Waals surface area (Å²) >= 11 is 0. The van der Waals surface area contributed by atoms with Crippen molar-refractivity contribution < 1.29 is 14.3 Å². The molecule has 0 bridgehead atoms. The number of ether oxygens (including phenoxy) is 1. The van der Waals surface area contributed by atoms with E-state index in [9.17, 15) is 9.59 Å². The van der Waals surface area contributed by atoms with Gasteiger partial charge in [0.05, 0.1) is 6.61 Å². The fraction of sp³-hybridized carbons (Fsp3) is 0.833. The minimum absolute atomic E-state index is 0.128. The molecule has 98 valence electrons. The maximum absolute atomic E-state index is 11.8.